The van der Waals surface area contributed by atoms with Crippen LogP contribution in [0.2, 0.25) is 0 Å². The van der Waals surface area contributed by atoms with Gasteiger partial charge in [0, 0.05) is 38.8 Å². The van der Waals surface area contributed by atoms with Crippen molar-refractivity contribution in [3.63, 3.8) is 0 Å². The number of methoxy groups -OCH3 is 1. The Kier molecular flexibility index (Phi) is 5.30. The molecule has 1 aliphatic heterocycles. The van der Waals surface area contributed by atoms with E-state index in [0.717, 1.165) is 30.1 Å². The Morgan fingerprint density at radius 3 is 2.52 bits per heavy atom. The van der Waals surface area contributed by atoms with Crippen molar-refractivity contribution in [2.75, 3.05) is 33.3 Å². The number of aromatic nitrogens is 4. The van der Waals surface area contributed by atoms with Crippen LogP contribution in [-0.4, -0.2) is 68.9 Å². The predicted octanol–water partition coefficient (Wildman–Crippen LogP) is 1.75. The van der Waals surface area contributed by atoms with Crippen molar-refractivity contribution in [3.8, 4) is 17.1 Å². The zero-order chi connectivity index (χ0) is 20.4. The first-order valence-electron chi connectivity index (χ1n) is 9.53. The van der Waals surface area contributed by atoms with Gasteiger partial charge in [-0.2, -0.15) is 10.1 Å². The quantitative estimate of drug-likeness (QED) is 0.649. The van der Waals surface area contributed by atoms with Crippen molar-refractivity contribution >= 4 is 5.91 Å². The van der Waals surface area contributed by atoms with Crippen molar-refractivity contribution in [1.29, 1.82) is 0 Å². The molecule has 0 unspecified atom stereocenters. The maximum absolute atomic E-state index is 12.7. The molecule has 4 rings (SSSR count). The molecule has 1 fully saturated rings. The highest BCUT2D eigenvalue weighted by Gasteiger charge is 2.25. The monoisotopic (exact) mass is 396 g/mol. The second-order valence-corrected chi connectivity index (χ2v) is 7.10. The van der Waals surface area contributed by atoms with Crippen molar-refractivity contribution in [2.24, 2.45) is 7.05 Å². The summed E-state index contributed by atoms with van der Waals surface area (Å²) in [6, 6.07) is 9.36. The third-order valence-electron chi connectivity index (χ3n) is 5.06. The van der Waals surface area contributed by atoms with Gasteiger partial charge < -0.3 is 14.2 Å². The predicted molar refractivity (Wildman–Crippen MR) is 105 cm³/mol. The standard InChI is InChI=1S/C20H24N6O3/c1-14-12-17(24(2)22-14)20(27)26-10-8-25(9-11-26)13-18-21-19(23-29-18)15-4-6-16(28-3)7-5-15/h4-7,12H,8-11,13H2,1-3H3. The summed E-state index contributed by atoms with van der Waals surface area (Å²) in [5, 5.41) is 8.33. The summed E-state index contributed by atoms with van der Waals surface area (Å²) in [6.07, 6.45) is 0. The minimum Gasteiger partial charge on any atom is -0.497 e. The van der Waals surface area contributed by atoms with Gasteiger partial charge in [0.25, 0.3) is 5.91 Å². The second kappa shape index (κ2) is 8.04. The van der Waals surface area contributed by atoms with E-state index in [1.54, 1.807) is 18.8 Å². The van der Waals surface area contributed by atoms with Crippen LogP contribution < -0.4 is 4.74 Å². The van der Waals surface area contributed by atoms with Crippen molar-refractivity contribution < 1.29 is 14.1 Å². The fraction of sp³-hybridized carbons (Fsp3) is 0.400. The SMILES string of the molecule is COc1ccc(-c2noc(CN3CCN(C(=O)c4cc(C)nn4C)CC3)n2)cc1. The molecule has 3 heterocycles. The molecule has 1 amide bonds. The van der Waals surface area contributed by atoms with Gasteiger partial charge in [-0.1, -0.05) is 5.16 Å². The van der Waals surface area contributed by atoms with E-state index in [1.165, 1.54) is 0 Å². The van der Waals surface area contributed by atoms with E-state index >= 15 is 0 Å². The van der Waals surface area contributed by atoms with Crippen molar-refractivity contribution in [3.05, 3.63) is 47.6 Å². The Bertz CT molecular complexity index is 986. The molecular formula is C20H24N6O3. The fourth-order valence-electron chi connectivity index (χ4n) is 3.45. The van der Waals surface area contributed by atoms with Gasteiger partial charge in [0.1, 0.15) is 11.4 Å². The summed E-state index contributed by atoms with van der Waals surface area (Å²) < 4.78 is 12.2. The van der Waals surface area contributed by atoms with Crippen LogP contribution in [0, 0.1) is 6.92 Å². The van der Waals surface area contributed by atoms with E-state index in [-0.39, 0.29) is 5.91 Å². The van der Waals surface area contributed by atoms with E-state index in [4.69, 9.17) is 9.26 Å². The van der Waals surface area contributed by atoms with Gasteiger partial charge in [0.15, 0.2) is 0 Å². The molecule has 0 atom stereocenters. The van der Waals surface area contributed by atoms with Gasteiger partial charge in [-0.15, -0.1) is 0 Å². The smallest absolute Gasteiger partial charge is 0.272 e. The third-order valence-corrected chi connectivity index (χ3v) is 5.06. The first-order valence-corrected chi connectivity index (χ1v) is 9.53. The normalized spacial score (nSPS) is 14.9. The van der Waals surface area contributed by atoms with Crippen LogP contribution in [0.5, 0.6) is 5.75 Å². The molecule has 9 nitrogen and oxygen atoms in total. The van der Waals surface area contributed by atoms with Crippen LogP contribution in [-0.2, 0) is 13.6 Å². The molecule has 0 N–H and O–H groups in total. The third kappa shape index (κ3) is 4.14. The van der Waals surface area contributed by atoms with Gasteiger partial charge in [0.05, 0.1) is 19.3 Å². The van der Waals surface area contributed by atoms with Gasteiger partial charge in [-0.25, -0.2) is 0 Å². The van der Waals surface area contributed by atoms with Crippen LogP contribution in [0.25, 0.3) is 11.4 Å². The van der Waals surface area contributed by atoms with Gasteiger partial charge in [0.2, 0.25) is 11.7 Å². The zero-order valence-electron chi connectivity index (χ0n) is 16.8. The maximum Gasteiger partial charge on any atom is 0.272 e. The molecule has 152 valence electrons. The molecule has 29 heavy (non-hydrogen) atoms. The molecule has 2 aromatic heterocycles. The molecular weight excluding hydrogens is 372 g/mol. The Hall–Kier alpha value is -3.20. The van der Waals surface area contributed by atoms with Gasteiger partial charge in [-0.05, 0) is 37.3 Å². The number of amides is 1. The number of carbonyl (C=O) groups is 1. The number of rotatable bonds is 5. The Labute approximate surface area is 168 Å². The van der Waals surface area contributed by atoms with Gasteiger partial charge in [-0.3, -0.25) is 14.4 Å². The van der Waals surface area contributed by atoms with E-state index in [2.05, 4.69) is 20.1 Å². The summed E-state index contributed by atoms with van der Waals surface area (Å²) in [6.45, 7) is 5.27. The molecule has 0 radical (unpaired) electrons. The molecule has 3 aromatic rings. The lowest BCUT2D eigenvalue weighted by atomic mass is 10.2. The molecule has 1 saturated heterocycles. The summed E-state index contributed by atoms with van der Waals surface area (Å²) in [5.74, 6) is 1.93. The average Bonchev–Trinajstić information content (AvgIpc) is 3.34. The largest absolute Gasteiger partial charge is 0.497 e. The molecule has 0 spiro atoms. The summed E-state index contributed by atoms with van der Waals surface area (Å²) >= 11 is 0. The Morgan fingerprint density at radius 1 is 1.17 bits per heavy atom. The summed E-state index contributed by atoms with van der Waals surface area (Å²) in [5.41, 5.74) is 2.35. The van der Waals surface area contributed by atoms with Crippen LogP contribution in [0.1, 0.15) is 22.1 Å². The van der Waals surface area contributed by atoms with E-state index in [9.17, 15) is 4.79 Å². The fourth-order valence-corrected chi connectivity index (χ4v) is 3.45. The Morgan fingerprint density at radius 2 is 1.90 bits per heavy atom. The topological polar surface area (TPSA) is 89.5 Å². The number of nitrogens with zero attached hydrogens (tertiary/aromatic N) is 6. The van der Waals surface area contributed by atoms with Crippen LogP contribution in [0.3, 0.4) is 0 Å². The zero-order valence-corrected chi connectivity index (χ0v) is 16.8. The minimum absolute atomic E-state index is 0.0207. The summed E-state index contributed by atoms with van der Waals surface area (Å²) in [7, 11) is 3.43. The molecule has 1 aliphatic rings. The number of aryl methyl sites for hydroxylation is 2. The number of ether oxygens (including phenoxy) is 1. The second-order valence-electron chi connectivity index (χ2n) is 7.10. The lowest BCUT2D eigenvalue weighted by molar-refractivity contribution is 0.0604. The Balaban J connectivity index is 1.33. The van der Waals surface area contributed by atoms with Crippen molar-refractivity contribution in [1.82, 2.24) is 29.7 Å². The lowest BCUT2D eigenvalue weighted by Gasteiger charge is -2.33. The highest BCUT2D eigenvalue weighted by atomic mass is 16.5. The van der Waals surface area contributed by atoms with E-state index in [0.29, 0.717) is 37.0 Å². The van der Waals surface area contributed by atoms with E-state index < -0.39 is 0 Å². The number of carbonyl (C=O) groups excluding carboxylic acids is 1. The van der Waals surface area contributed by atoms with E-state index in [1.807, 2.05) is 42.2 Å². The average molecular weight is 396 g/mol. The first-order chi connectivity index (χ1) is 14.0. The van der Waals surface area contributed by atoms with Crippen LogP contribution in [0.4, 0.5) is 0 Å². The van der Waals surface area contributed by atoms with Crippen LogP contribution >= 0.6 is 0 Å². The maximum atomic E-state index is 12.7. The number of hydrogen-bond acceptors (Lipinski definition) is 7. The number of piperazine rings is 1. The highest BCUT2D eigenvalue weighted by Crippen LogP contribution is 2.20. The summed E-state index contributed by atoms with van der Waals surface area (Å²) in [4.78, 5) is 21.3. The first kappa shape index (κ1) is 19.1. The molecule has 1 aromatic carbocycles. The lowest BCUT2D eigenvalue weighted by Crippen LogP contribution is -2.48. The molecule has 9 heteroatoms. The van der Waals surface area contributed by atoms with Crippen LogP contribution in [0.15, 0.2) is 34.9 Å². The van der Waals surface area contributed by atoms with Gasteiger partial charge >= 0.3 is 0 Å². The molecule has 0 saturated carbocycles. The molecule has 0 aliphatic carbocycles. The number of benzene rings is 1. The highest BCUT2D eigenvalue weighted by molar-refractivity contribution is 5.92. The molecule has 0 bridgehead atoms. The van der Waals surface area contributed by atoms with Crippen molar-refractivity contribution in [2.45, 2.75) is 13.5 Å². The minimum atomic E-state index is 0.0207. The number of hydrogen-bond donors (Lipinski definition) is 0.